The first-order chi connectivity index (χ1) is 8.58. The Balaban J connectivity index is 2.69. The number of aromatic nitrogens is 1. The predicted octanol–water partition coefficient (Wildman–Crippen LogP) is 1.75. The summed E-state index contributed by atoms with van der Waals surface area (Å²) in [6, 6.07) is 1.34. The number of rotatable bonds is 6. The third kappa shape index (κ3) is 3.26. The van der Waals surface area contributed by atoms with Crippen molar-refractivity contribution in [2.45, 2.75) is 26.7 Å². The molecule has 0 aromatic carbocycles. The number of hydrogen-bond acceptors (Lipinski definition) is 3. The van der Waals surface area contributed by atoms with Crippen molar-refractivity contribution in [2.75, 3.05) is 13.2 Å². The highest BCUT2D eigenvalue weighted by Crippen LogP contribution is 2.24. The number of nitrogens with one attached hydrogen (secondary N) is 1. The van der Waals surface area contributed by atoms with E-state index in [1.807, 2.05) is 13.8 Å². The molecular weight excluding hydrogens is 235 g/mol. The first-order valence-electron chi connectivity index (χ1n) is 6.07. The number of amides is 1. The number of halogens is 1. The Kier molecular flexibility index (Phi) is 5.22. The maximum atomic E-state index is 13.3. The first kappa shape index (κ1) is 14.6. The Labute approximate surface area is 106 Å². The fourth-order valence-electron chi connectivity index (χ4n) is 1.70. The van der Waals surface area contributed by atoms with Crippen LogP contribution in [-0.4, -0.2) is 29.1 Å². The van der Waals surface area contributed by atoms with Crippen LogP contribution in [0.3, 0.4) is 0 Å². The van der Waals surface area contributed by atoms with Crippen LogP contribution in [0.1, 0.15) is 37.0 Å². The normalized spacial score (nSPS) is 11.3. The average Bonchev–Trinajstić information content (AvgIpc) is 2.41. The minimum Gasteiger partial charge on any atom is -0.396 e. The van der Waals surface area contributed by atoms with Gasteiger partial charge in [-0.05, 0) is 18.9 Å². The molecule has 1 heterocycles. The van der Waals surface area contributed by atoms with Gasteiger partial charge in [-0.2, -0.15) is 0 Å². The number of carbonyl (C=O) groups is 1. The molecule has 0 saturated heterocycles. The molecule has 0 radical (unpaired) electrons. The molecule has 4 nitrogen and oxygen atoms in total. The average molecular weight is 254 g/mol. The molecule has 1 amide bonds. The SMILES string of the molecule is CCC(CC)(CO)CNC(=O)c1ccncc1F. The third-order valence-corrected chi connectivity index (χ3v) is 3.48. The van der Waals surface area contributed by atoms with Gasteiger partial charge < -0.3 is 10.4 Å². The number of hydrogen-bond donors (Lipinski definition) is 2. The van der Waals surface area contributed by atoms with E-state index in [1.54, 1.807) is 0 Å². The summed E-state index contributed by atoms with van der Waals surface area (Å²) in [5, 5.41) is 12.0. The quantitative estimate of drug-likeness (QED) is 0.813. The van der Waals surface area contributed by atoms with Crippen molar-refractivity contribution in [1.29, 1.82) is 0 Å². The van der Waals surface area contributed by atoms with Gasteiger partial charge in [0.2, 0.25) is 0 Å². The number of pyridine rings is 1. The Hall–Kier alpha value is -1.49. The monoisotopic (exact) mass is 254 g/mol. The van der Waals surface area contributed by atoms with Crippen LogP contribution in [0, 0.1) is 11.2 Å². The smallest absolute Gasteiger partial charge is 0.254 e. The van der Waals surface area contributed by atoms with Crippen LogP contribution in [0.2, 0.25) is 0 Å². The standard InChI is InChI=1S/C13H19FN2O2/c1-3-13(4-2,9-17)8-16-12(18)10-5-6-15-7-11(10)14/h5-7,17H,3-4,8-9H2,1-2H3,(H,16,18). The van der Waals surface area contributed by atoms with Crippen molar-refractivity contribution in [1.82, 2.24) is 10.3 Å². The van der Waals surface area contributed by atoms with Gasteiger partial charge in [0.05, 0.1) is 18.4 Å². The van der Waals surface area contributed by atoms with Gasteiger partial charge in [0, 0.05) is 18.2 Å². The molecule has 0 atom stereocenters. The summed E-state index contributed by atoms with van der Waals surface area (Å²) < 4.78 is 13.3. The van der Waals surface area contributed by atoms with Gasteiger partial charge in [0.1, 0.15) is 0 Å². The van der Waals surface area contributed by atoms with Crippen molar-refractivity contribution >= 4 is 5.91 Å². The van der Waals surface area contributed by atoms with Crippen molar-refractivity contribution in [2.24, 2.45) is 5.41 Å². The molecule has 2 N–H and O–H groups in total. The molecule has 0 fully saturated rings. The molecule has 0 unspecified atom stereocenters. The Morgan fingerprint density at radius 3 is 2.67 bits per heavy atom. The molecule has 0 aliphatic carbocycles. The van der Waals surface area contributed by atoms with Gasteiger partial charge in [-0.15, -0.1) is 0 Å². The fourth-order valence-corrected chi connectivity index (χ4v) is 1.70. The van der Waals surface area contributed by atoms with Gasteiger partial charge in [-0.1, -0.05) is 13.8 Å². The number of carbonyl (C=O) groups excluding carboxylic acids is 1. The van der Waals surface area contributed by atoms with Gasteiger partial charge in [-0.3, -0.25) is 9.78 Å². The maximum absolute atomic E-state index is 13.3. The highest BCUT2D eigenvalue weighted by atomic mass is 19.1. The molecular formula is C13H19FN2O2. The van der Waals surface area contributed by atoms with Crippen LogP contribution in [0.25, 0.3) is 0 Å². The Morgan fingerprint density at radius 1 is 1.50 bits per heavy atom. The van der Waals surface area contributed by atoms with E-state index >= 15 is 0 Å². The molecule has 0 bridgehead atoms. The molecule has 0 saturated carbocycles. The van der Waals surface area contributed by atoms with Gasteiger partial charge in [0.25, 0.3) is 5.91 Å². The molecule has 0 aliphatic heterocycles. The summed E-state index contributed by atoms with van der Waals surface area (Å²) in [6.45, 7) is 4.24. The van der Waals surface area contributed by atoms with Crippen molar-refractivity contribution < 1.29 is 14.3 Å². The molecule has 1 rings (SSSR count). The van der Waals surface area contributed by atoms with E-state index in [-0.39, 0.29) is 17.6 Å². The molecule has 5 heteroatoms. The zero-order valence-electron chi connectivity index (χ0n) is 10.7. The summed E-state index contributed by atoms with van der Waals surface area (Å²) in [5.41, 5.74) is -0.358. The lowest BCUT2D eigenvalue weighted by molar-refractivity contribution is 0.0847. The van der Waals surface area contributed by atoms with Gasteiger partial charge in [-0.25, -0.2) is 4.39 Å². The number of aliphatic hydroxyl groups is 1. The molecule has 1 aromatic heterocycles. The van der Waals surface area contributed by atoms with E-state index in [1.165, 1.54) is 12.3 Å². The van der Waals surface area contributed by atoms with Gasteiger partial charge >= 0.3 is 0 Å². The summed E-state index contributed by atoms with van der Waals surface area (Å²) in [5.74, 6) is -1.12. The lowest BCUT2D eigenvalue weighted by atomic mass is 9.83. The van der Waals surface area contributed by atoms with Crippen LogP contribution in [0.4, 0.5) is 4.39 Å². The summed E-state index contributed by atoms with van der Waals surface area (Å²) in [6.07, 6.45) is 3.88. The molecule has 18 heavy (non-hydrogen) atoms. The van der Waals surface area contributed by atoms with E-state index in [4.69, 9.17) is 0 Å². The molecule has 0 aliphatic rings. The van der Waals surface area contributed by atoms with Crippen LogP contribution < -0.4 is 5.32 Å². The van der Waals surface area contributed by atoms with Crippen LogP contribution in [0.15, 0.2) is 18.5 Å². The lowest BCUT2D eigenvalue weighted by Gasteiger charge is -2.29. The largest absolute Gasteiger partial charge is 0.396 e. The summed E-state index contributed by atoms with van der Waals surface area (Å²) in [4.78, 5) is 15.4. The second kappa shape index (κ2) is 6.44. The minimum absolute atomic E-state index is 0.000886. The molecule has 1 aromatic rings. The van der Waals surface area contributed by atoms with Crippen molar-refractivity contribution in [3.05, 3.63) is 29.8 Å². The minimum atomic E-state index is -0.641. The van der Waals surface area contributed by atoms with Gasteiger partial charge in [0.15, 0.2) is 5.82 Å². The summed E-state index contributed by atoms with van der Waals surface area (Å²) >= 11 is 0. The third-order valence-electron chi connectivity index (χ3n) is 3.48. The second-order valence-corrected chi connectivity index (χ2v) is 4.40. The van der Waals surface area contributed by atoms with E-state index in [2.05, 4.69) is 10.3 Å². The maximum Gasteiger partial charge on any atom is 0.254 e. The highest BCUT2D eigenvalue weighted by molar-refractivity contribution is 5.94. The van der Waals surface area contributed by atoms with E-state index in [9.17, 15) is 14.3 Å². The second-order valence-electron chi connectivity index (χ2n) is 4.40. The van der Waals surface area contributed by atoms with Crippen molar-refractivity contribution in [3.8, 4) is 0 Å². The Morgan fingerprint density at radius 2 is 2.17 bits per heavy atom. The topological polar surface area (TPSA) is 62.2 Å². The molecule has 100 valence electrons. The van der Waals surface area contributed by atoms with E-state index in [0.717, 1.165) is 19.0 Å². The number of aliphatic hydroxyl groups excluding tert-OH is 1. The van der Waals surface area contributed by atoms with Crippen LogP contribution >= 0.6 is 0 Å². The van der Waals surface area contributed by atoms with E-state index in [0.29, 0.717) is 6.54 Å². The summed E-state index contributed by atoms with van der Waals surface area (Å²) in [7, 11) is 0. The van der Waals surface area contributed by atoms with E-state index < -0.39 is 11.7 Å². The van der Waals surface area contributed by atoms with Crippen LogP contribution in [0.5, 0.6) is 0 Å². The lowest BCUT2D eigenvalue weighted by Crippen LogP contribution is -2.39. The zero-order chi connectivity index (χ0) is 13.6. The Bertz CT molecular complexity index is 397. The molecule has 0 spiro atoms. The predicted molar refractivity (Wildman–Crippen MR) is 66.6 cm³/mol. The first-order valence-corrected chi connectivity index (χ1v) is 6.07. The van der Waals surface area contributed by atoms with Crippen LogP contribution in [-0.2, 0) is 0 Å². The fraction of sp³-hybridized carbons (Fsp3) is 0.538. The van der Waals surface area contributed by atoms with Crippen molar-refractivity contribution in [3.63, 3.8) is 0 Å². The zero-order valence-corrected chi connectivity index (χ0v) is 10.7. The highest BCUT2D eigenvalue weighted by Gasteiger charge is 2.26. The number of nitrogens with zero attached hydrogens (tertiary/aromatic N) is 1.